The van der Waals surface area contributed by atoms with Crippen molar-refractivity contribution in [2.45, 2.75) is 13.0 Å². The summed E-state index contributed by atoms with van der Waals surface area (Å²) in [5.41, 5.74) is 2.01. The number of carbonyl (C=O) groups is 1. The monoisotopic (exact) mass is 283 g/mol. The topological polar surface area (TPSA) is 47.6 Å². The number of carbonyl (C=O) groups excluding carboxylic acids is 1. The largest absolute Gasteiger partial charge is 0.486 e. The predicted molar refractivity (Wildman–Crippen MR) is 79.4 cm³/mol. The summed E-state index contributed by atoms with van der Waals surface area (Å²) < 4.78 is 11.0. The normalized spacial score (nSPS) is 12.8. The van der Waals surface area contributed by atoms with Gasteiger partial charge in [0.25, 0.3) is 0 Å². The fraction of sp³-hybridized carbons (Fsp3) is 0.235. The van der Waals surface area contributed by atoms with Crippen LogP contribution in [0.25, 0.3) is 0 Å². The molecule has 1 aliphatic rings. The first-order chi connectivity index (χ1) is 10.3. The minimum atomic E-state index is -0.00414. The minimum Gasteiger partial charge on any atom is -0.486 e. The second-order valence-corrected chi connectivity index (χ2v) is 4.92. The fourth-order valence-corrected chi connectivity index (χ4v) is 2.24. The molecule has 1 aliphatic heterocycles. The van der Waals surface area contributed by atoms with Crippen molar-refractivity contribution in [2.24, 2.45) is 0 Å². The number of rotatable bonds is 4. The Morgan fingerprint density at radius 3 is 2.52 bits per heavy atom. The van der Waals surface area contributed by atoms with Gasteiger partial charge in [0.05, 0.1) is 6.42 Å². The average Bonchev–Trinajstić information content (AvgIpc) is 2.54. The van der Waals surface area contributed by atoms with Crippen LogP contribution in [0.15, 0.2) is 48.5 Å². The molecule has 2 aromatic carbocycles. The standard InChI is InChI=1S/C17H17NO3/c19-17(18-12-13-4-2-1-3-5-13)11-14-6-7-15-16(10-14)21-9-8-20-15/h1-7,10H,8-9,11-12H2,(H,18,19). The van der Waals surface area contributed by atoms with Crippen molar-refractivity contribution >= 4 is 5.91 Å². The van der Waals surface area contributed by atoms with E-state index in [9.17, 15) is 4.79 Å². The van der Waals surface area contributed by atoms with E-state index in [1.807, 2.05) is 48.5 Å². The molecular formula is C17H17NO3. The molecule has 4 heteroatoms. The van der Waals surface area contributed by atoms with Crippen molar-refractivity contribution in [3.63, 3.8) is 0 Å². The maximum atomic E-state index is 12.0. The molecule has 1 heterocycles. The van der Waals surface area contributed by atoms with Crippen molar-refractivity contribution in [3.05, 3.63) is 59.7 Å². The smallest absolute Gasteiger partial charge is 0.224 e. The minimum absolute atomic E-state index is 0.00414. The molecule has 2 aromatic rings. The third-order valence-electron chi connectivity index (χ3n) is 3.30. The van der Waals surface area contributed by atoms with E-state index < -0.39 is 0 Å². The molecule has 0 saturated carbocycles. The Hall–Kier alpha value is -2.49. The lowest BCUT2D eigenvalue weighted by Gasteiger charge is -2.18. The molecule has 21 heavy (non-hydrogen) atoms. The number of hydrogen-bond donors (Lipinski definition) is 1. The lowest BCUT2D eigenvalue weighted by molar-refractivity contribution is -0.120. The summed E-state index contributed by atoms with van der Waals surface area (Å²) in [6.45, 7) is 1.67. The van der Waals surface area contributed by atoms with Crippen molar-refractivity contribution in [2.75, 3.05) is 13.2 Å². The van der Waals surface area contributed by atoms with Gasteiger partial charge in [-0.3, -0.25) is 4.79 Å². The molecule has 3 rings (SSSR count). The maximum absolute atomic E-state index is 12.0. The summed E-state index contributed by atoms with van der Waals surface area (Å²) in [6, 6.07) is 15.5. The molecule has 0 aliphatic carbocycles. The highest BCUT2D eigenvalue weighted by Gasteiger charge is 2.13. The molecule has 0 aromatic heterocycles. The molecule has 0 saturated heterocycles. The summed E-state index contributed by atoms with van der Waals surface area (Å²) in [6.07, 6.45) is 0.337. The molecule has 0 spiro atoms. The summed E-state index contributed by atoms with van der Waals surface area (Å²) in [5.74, 6) is 1.46. The molecule has 0 fully saturated rings. The number of fused-ring (bicyclic) bond motifs is 1. The summed E-state index contributed by atoms with van der Waals surface area (Å²) in [5, 5.41) is 2.92. The van der Waals surface area contributed by atoms with Gasteiger partial charge in [-0.25, -0.2) is 0 Å². The zero-order chi connectivity index (χ0) is 14.5. The van der Waals surface area contributed by atoms with Gasteiger partial charge in [0.15, 0.2) is 11.5 Å². The summed E-state index contributed by atoms with van der Waals surface area (Å²) in [4.78, 5) is 12.0. The Labute approximate surface area is 123 Å². The molecular weight excluding hydrogens is 266 g/mol. The van der Waals surface area contributed by atoms with E-state index in [0.29, 0.717) is 26.2 Å². The zero-order valence-electron chi connectivity index (χ0n) is 11.7. The van der Waals surface area contributed by atoms with Crippen LogP contribution in [0.3, 0.4) is 0 Å². The highest BCUT2D eigenvalue weighted by Crippen LogP contribution is 2.30. The SMILES string of the molecule is O=C(Cc1ccc2c(c1)OCCO2)NCc1ccccc1. The van der Waals surface area contributed by atoms with Crippen molar-refractivity contribution in [1.29, 1.82) is 0 Å². The van der Waals surface area contributed by atoms with Gasteiger partial charge in [-0.1, -0.05) is 36.4 Å². The zero-order valence-corrected chi connectivity index (χ0v) is 11.7. The fourth-order valence-electron chi connectivity index (χ4n) is 2.24. The van der Waals surface area contributed by atoms with Gasteiger partial charge in [-0.2, -0.15) is 0 Å². The molecule has 0 atom stereocenters. The van der Waals surface area contributed by atoms with E-state index >= 15 is 0 Å². The van der Waals surface area contributed by atoms with Gasteiger partial charge in [0, 0.05) is 6.54 Å². The first kappa shape index (κ1) is 13.5. The lowest BCUT2D eigenvalue weighted by atomic mass is 10.1. The van der Waals surface area contributed by atoms with Gasteiger partial charge in [0.2, 0.25) is 5.91 Å². The van der Waals surface area contributed by atoms with Crippen LogP contribution < -0.4 is 14.8 Å². The van der Waals surface area contributed by atoms with Crippen LogP contribution in [0.2, 0.25) is 0 Å². The van der Waals surface area contributed by atoms with E-state index in [2.05, 4.69) is 5.32 Å². The first-order valence-electron chi connectivity index (χ1n) is 7.00. The maximum Gasteiger partial charge on any atom is 0.224 e. The van der Waals surface area contributed by atoms with Gasteiger partial charge in [0.1, 0.15) is 13.2 Å². The predicted octanol–water partition coefficient (Wildman–Crippen LogP) is 2.32. The Kier molecular flexibility index (Phi) is 4.05. The van der Waals surface area contributed by atoms with Gasteiger partial charge in [-0.15, -0.1) is 0 Å². The van der Waals surface area contributed by atoms with Gasteiger partial charge in [-0.05, 0) is 23.3 Å². The van der Waals surface area contributed by atoms with Gasteiger partial charge >= 0.3 is 0 Å². The Morgan fingerprint density at radius 1 is 0.952 bits per heavy atom. The second kappa shape index (κ2) is 6.31. The van der Waals surface area contributed by atoms with Crippen LogP contribution in [0.1, 0.15) is 11.1 Å². The molecule has 0 unspecified atom stereocenters. The third kappa shape index (κ3) is 3.54. The molecule has 0 radical (unpaired) electrons. The van der Waals surface area contributed by atoms with E-state index in [1.54, 1.807) is 0 Å². The number of nitrogens with one attached hydrogen (secondary N) is 1. The highest BCUT2D eigenvalue weighted by molar-refractivity contribution is 5.78. The second-order valence-electron chi connectivity index (χ2n) is 4.92. The number of ether oxygens (including phenoxy) is 2. The quantitative estimate of drug-likeness (QED) is 0.936. The van der Waals surface area contributed by atoms with Crippen LogP contribution in [-0.2, 0) is 17.8 Å². The van der Waals surface area contributed by atoms with E-state index in [4.69, 9.17) is 9.47 Å². The number of amides is 1. The van der Waals surface area contributed by atoms with Crippen LogP contribution in [0.4, 0.5) is 0 Å². The van der Waals surface area contributed by atoms with Gasteiger partial charge < -0.3 is 14.8 Å². The molecule has 108 valence electrons. The molecule has 1 N–H and O–H groups in total. The number of benzene rings is 2. The third-order valence-corrected chi connectivity index (χ3v) is 3.30. The molecule has 0 bridgehead atoms. The van der Waals surface area contributed by atoms with Crippen molar-refractivity contribution in [1.82, 2.24) is 5.32 Å². The first-order valence-corrected chi connectivity index (χ1v) is 7.00. The van der Waals surface area contributed by atoms with Crippen LogP contribution >= 0.6 is 0 Å². The van der Waals surface area contributed by atoms with Crippen molar-refractivity contribution < 1.29 is 14.3 Å². The van der Waals surface area contributed by atoms with Crippen molar-refractivity contribution in [3.8, 4) is 11.5 Å². The van der Waals surface area contributed by atoms with E-state index in [-0.39, 0.29) is 5.91 Å². The Morgan fingerprint density at radius 2 is 1.71 bits per heavy atom. The average molecular weight is 283 g/mol. The Balaban J connectivity index is 1.57. The number of hydrogen-bond acceptors (Lipinski definition) is 3. The van der Waals surface area contributed by atoms with E-state index in [0.717, 1.165) is 22.6 Å². The molecule has 1 amide bonds. The summed E-state index contributed by atoms with van der Waals surface area (Å²) >= 11 is 0. The van der Waals surface area contributed by atoms with Crippen LogP contribution in [-0.4, -0.2) is 19.1 Å². The van der Waals surface area contributed by atoms with E-state index in [1.165, 1.54) is 0 Å². The lowest BCUT2D eigenvalue weighted by Crippen LogP contribution is -2.24. The van der Waals surface area contributed by atoms with Crippen LogP contribution in [0, 0.1) is 0 Å². The molecule has 4 nitrogen and oxygen atoms in total. The van der Waals surface area contributed by atoms with Crippen LogP contribution in [0.5, 0.6) is 11.5 Å². The summed E-state index contributed by atoms with van der Waals surface area (Å²) in [7, 11) is 0. The Bertz CT molecular complexity index is 625. The highest BCUT2D eigenvalue weighted by atomic mass is 16.6.